The molecule has 2 aromatic carbocycles. The number of aromatic nitrogens is 6. The Bertz CT molecular complexity index is 2310. The summed E-state index contributed by atoms with van der Waals surface area (Å²) < 4.78 is 39.1. The topological polar surface area (TPSA) is 332 Å². The van der Waals surface area contributed by atoms with E-state index in [1.165, 1.54) is 39.7 Å². The molecule has 0 amide bonds. The molecule has 3 aromatic heterocycles. The van der Waals surface area contributed by atoms with Gasteiger partial charge >= 0.3 is 48.7 Å². The minimum Gasteiger partial charge on any atom is -0.870 e. The first-order valence-corrected chi connectivity index (χ1v) is 21.4. The molecule has 0 bridgehead atoms. The zero-order chi connectivity index (χ0) is 52.1. The van der Waals surface area contributed by atoms with E-state index < -0.39 is 29.8 Å². The first-order chi connectivity index (χ1) is 33.1. The quantitative estimate of drug-likeness (QED) is 0.00985. The Kier molecular flexibility index (Phi) is 39.0. The number of hydrogen-bond acceptors (Lipinski definition) is 19. The second-order valence-corrected chi connectivity index (χ2v) is 12.9. The Balaban J connectivity index is -0.000000837. The maximum absolute atomic E-state index is 11.7. The van der Waals surface area contributed by atoms with Gasteiger partial charge in [0.05, 0.1) is 45.4 Å². The number of carbonyl (C=O) groups is 5. The van der Waals surface area contributed by atoms with Gasteiger partial charge in [-0.2, -0.15) is 10.2 Å². The summed E-state index contributed by atoms with van der Waals surface area (Å²) in [6.45, 7) is 12.5. The molecule has 0 spiro atoms. The van der Waals surface area contributed by atoms with Crippen molar-refractivity contribution in [2.24, 2.45) is 27.0 Å². The molecule has 0 aliphatic rings. The number of aromatic carboxylic acids is 1. The van der Waals surface area contributed by atoms with Crippen molar-refractivity contribution in [3.8, 4) is 11.8 Å². The van der Waals surface area contributed by atoms with E-state index in [0.717, 1.165) is 17.4 Å². The van der Waals surface area contributed by atoms with Crippen LogP contribution in [0.2, 0.25) is 0 Å². The van der Waals surface area contributed by atoms with Gasteiger partial charge < -0.3 is 53.9 Å². The van der Waals surface area contributed by atoms with Gasteiger partial charge in [-0.1, -0.05) is 60.7 Å². The molecule has 388 valence electrons. The van der Waals surface area contributed by atoms with Crippen molar-refractivity contribution in [1.29, 1.82) is 0 Å². The molecule has 0 aliphatic carbocycles. The molecule has 0 saturated heterocycles. The summed E-state index contributed by atoms with van der Waals surface area (Å²) in [5.74, 6) is 1.77. The number of aliphatic hydroxyl groups excluding tert-OH is 1. The third-order valence-electron chi connectivity index (χ3n) is 7.72. The number of hydrazine groups is 1. The number of aliphatic hydroxyl groups is 1. The van der Waals surface area contributed by atoms with Gasteiger partial charge in [0.15, 0.2) is 5.57 Å². The molecule has 24 nitrogen and oxygen atoms in total. The third-order valence-corrected chi connectivity index (χ3v) is 7.72. The van der Waals surface area contributed by atoms with Crippen LogP contribution in [-0.2, 0) is 67.6 Å². The number of nitrogens with one attached hydrogen (secondary N) is 2. The molecule has 0 unspecified atom stereocenters. The summed E-state index contributed by atoms with van der Waals surface area (Å²) in [6, 6.07) is 19.3. The number of benzene rings is 2. The van der Waals surface area contributed by atoms with Crippen molar-refractivity contribution in [3.63, 3.8) is 0 Å². The van der Waals surface area contributed by atoms with Crippen LogP contribution in [-0.4, -0.2) is 122 Å². The molecule has 25 heteroatoms. The molecule has 3 heterocycles. The van der Waals surface area contributed by atoms with Crippen molar-refractivity contribution < 1.29 is 91.7 Å². The number of ether oxygens (including phenoxy) is 7. The molecule has 0 fully saturated rings. The Morgan fingerprint density at radius 1 is 0.676 bits per heavy atom. The fourth-order valence-electron chi connectivity index (χ4n) is 4.72. The molecule has 0 radical (unpaired) electrons. The smallest absolute Gasteiger partial charge is 0.870 e. The van der Waals surface area contributed by atoms with Gasteiger partial charge in [0.2, 0.25) is 11.8 Å². The number of esters is 4. The first kappa shape index (κ1) is 68.1. The molecule has 0 saturated carbocycles. The van der Waals surface area contributed by atoms with E-state index in [1.807, 2.05) is 60.7 Å². The number of carbonyl (C=O) groups excluding carboxylic acids is 4. The van der Waals surface area contributed by atoms with Gasteiger partial charge in [0.25, 0.3) is 5.56 Å². The van der Waals surface area contributed by atoms with E-state index in [1.54, 1.807) is 62.7 Å². The molecular weight excluding hydrogens is 927 g/mol. The van der Waals surface area contributed by atoms with E-state index in [4.69, 9.17) is 29.2 Å². The zero-order valence-electron chi connectivity index (χ0n) is 42.2. The number of rotatable bonds is 17. The largest absolute Gasteiger partial charge is 1.00 e. The standard InChI is InChI=1S/C14H16N2O3.C12H12N2O3.C10H16O5.C7H10N2O3.C2H6O.CH6N2.Li.H2O/c1-3-18-14(17)12-9-15-16(2)13(12)19-10-11-7-5-4-6-8-11;1-14-11(10(7-13-14)12(15)16)17-8-9-5-3-2-4-6-9;1-4-13-7-8(9(11)14-5-2)10(12)15-6-3;1-3-12-7(11)5-4-8-9(2)6(5)10;1-2-3;1-3-2;;/h4-9H,3,10H2,1-2H3;2-7H,8H2,1H3,(H,15,16);7H,4-6H2,1-3H3;4,8H,3H2,1-2H3;2*3H,2H2,1H3;;1H2/q;;;;;;+1;/p-1. The molecule has 71 heavy (non-hydrogen) atoms. The first-order valence-electron chi connectivity index (χ1n) is 21.4. The van der Waals surface area contributed by atoms with E-state index in [9.17, 15) is 28.8 Å². The number of H-pyrrole nitrogens is 1. The summed E-state index contributed by atoms with van der Waals surface area (Å²) in [6.07, 6.45) is 5.14. The number of nitrogens with two attached hydrogens (primary N) is 1. The third kappa shape index (κ3) is 26.4. The fourth-order valence-corrected chi connectivity index (χ4v) is 4.72. The second-order valence-electron chi connectivity index (χ2n) is 12.9. The Morgan fingerprint density at radius 2 is 1.06 bits per heavy atom. The summed E-state index contributed by atoms with van der Waals surface area (Å²) >= 11 is 0. The number of aryl methyl sites for hydroxylation is 3. The fraction of sp³-hybridized carbons (Fsp3) is 0.391. The number of nitrogens with zero attached hydrogens (tertiary/aromatic N) is 5. The van der Waals surface area contributed by atoms with Crippen LogP contribution in [0.5, 0.6) is 11.8 Å². The van der Waals surface area contributed by atoms with Gasteiger partial charge in [0, 0.05) is 33.9 Å². The van der Waals surface area contributed by atoms with Gasteiger partial charge in [-0.25, -0.2) is 33.3 Å². The van der Waals surface area contributed by atoms with E-state index in [2.05, 4.69) is 40.8 Å². The van der Waals surface area contributed by atoms with Crippen LogP contribution >= 0.6 is 0 Å². The average Bonchev–Trinajstić information content (AvgIpc) is 4.01. The van der Waals surface area contributed by atoms with Gasteiger partial charge in [-0.15, -0.1) is 0 Å². The van der Waals surface area contributed by atoms with Gasteiger partial charge in [-0.3, -0.25) is 20.7 Å². The van der Waals surface area contributed by atoms with Gasteiger partial charge in [0.1, 0.15) is 36.2 Å². The Morgan fingerprint density at radius 3 is 1.41 bits per heavy atom. The van der Waals surface area contributed by atoms with Crippen LogP contribution in [0, 0.1) is 0 Å². The number of hydrogen-bond donors (Lipinski definition) is 5. The Hall–Kier alpha value is -7.20. The van der Waals surface area contributed by atoms with Crippen LogP contribution in [0.15, 0.2) is 95.9 Å². The van der Waals surface area contributed by atoms with Crippen molar-refractivity contribution in [2.75, 3.05) is 46.7 Å². The van der Waals surface area contributed by atoms with E-state index in [0.29, 0.717) is 37.9 Å². The van der Waals surface area contributed by atoms with Crippen LogP contribution in [0.4, 0.5) is 0 Å². The monoisotopic (exact) mass is 994 g/mol. The van der Waals surface area contributed by atoms with E-state index in [-0.39, 0.29) is 78.9 Å². The summed E-state index contributed by atoms with van der Waals surface area (Å²) in [4.78, 5) is 67.4. The van der Waals surface area contributed by atoms with Crippen LogP contribution in [0.1, 0.15) is 83.7 Å². The maximum atomic E-state index is 11.7. The predicted molar refractivity (Wildman–Crippen MR) is 254 cm³/mol. The number of aromatic amines is 1. The summed E-state index contributed by atoms with van der Waals surface area (Å²) in [7, 11) is 6.56. The molecule has 7 N–H and O–H groups in total. The summed E-state index contributed by atoms with van der Waals surface area (Å²) in [5.41, 5.74) is 4.13. The molecule has 0 atom stereocenters. The van der Waals surface area contributed by atoms with Crippen molar-refractivity contribution >= 4 is 29.8 Å². The van der Waals surface area contributed by atoms with Crippen molar-refractivity contribution in [1.82, 2.24) is 34.8 Å². The maximum Gasteiger partial charge on any atom is 1.00 e. The Labute approximate surface area is 424 Å². The van der Waals surface area contributed by atoms with Gasteiger partial charge in [-0.05, 0) is 59.7 Å². The van der Waals surface area contributed by atoms with Crippen LogP contribution < -0.4 is 45.2 Å². The second kappa shape index (κ2) is 40.7. The number of carboxylic acids is 1. The van der Waals surface area contributed by atoms with Crippen LogP contribution in [0.3, 0.4) is 0 Å². The normalized spacial score (nSPS) is 9.24. The summed E-state index contributed by atoms with van der Waals surface area (Å²) in [5, 5.41) is 27.0. The minimum atomic E-state index is -1.04. The molecule has 5 aromatic rings. The van der Waals surface area contributed by atoms with Crippen LogP contribution in [0.25, 0.3) is 0 Å². The number of carboxylic acid groups (broad SMARTS) is 1. The SMILES string of the molecule is CCO.CCOC(=O)c1c[nH]n(C)c1=O.CCOC(=O)c1cnn(C)c1OCc1ccccc1.CCOC=C(C(=O)OCC)C(=O)OCC.CNN.Cn1ncc(C(=O)O)c1OCc1ccccc1.[Li+].[OH-]. The molecule has 0 aliphatic heterocycles. The average molecular weight is 995 g/mol. The molecular formula is C46H67LiN8O16. The minimum absolute atomic E-state index is 0. The van der Waals surface area contributed by atoms with Crippen molar-refractivity contribution in [3.05, 3.63) is 129 Å². The predicted octanol–water partition coefficient (Wildman–Crippen LogP) is 0.702. The zero-order valence-corrected chi connectivity index (χ0v) is 42.2. The molecule has 5 rings (SSSR count). The van der Waals surface area contributed by atoms with E-state index >= 15 is 0 Å². The van der Waals surface area contributed by atoms with Crippen molar-refractivity contribution in [2.45, 2.75) is 54.8 Å².